The molecule has 6 rings (SSSR count). The third-order valence-electron chi connectivity index (χ3n) is 7.12. The summed E-state index contributed by atoms with van der Waals surface area (Å²) in [6, 6.07) is 65.7. The molecule has 0 radical (unpaired) electrons. The van der Waals surface area contributed by atoms with Crippen LogP contribution in [0.5, 0.6) is 0 Å². The minimum absolute atomic E-state index is 0.205. The standard InChI is InChI=1S/C39H33NP2/c1-7-19-32(20-8-1)38(40-33-21-9-2-10-22-33)31-39(41(34-23-11-3-12-24-34)35-25-13-4-14-26-35)42(36-27-15-5-16-28-36)37-29-17-6-18-30-37/h1-31,39-40H/b38-31-. The van der Waals surface area contributed by atoms with Crippen molar-refractivity contribution in [2.45, 2.75) is 5.40 Å². The summed E-state index contributed by atoms with van der Waals surface area (Å²) in [6.45, 7) is 0. The summed E-state index contributed by atoms with van der Waals surface area (Å²) < 4.78 is 0. The predicted molar refractivity (Wildman–Crippen MR) is 186 cm³/mol. The number of allylic oxidation sites excluding steroid dienone is 1. The number of benzene rings is 6. The number of anilines is 1. The van der Waals surface area contributed by atoms with Gasteiger partial charge in [-0.2, -0.15) is 0 Å². The lowest BCUT2D eigenvalue weighted by Gasteiger charge is -2.35. The maximum atomic E-state index is 3.82. The van der Waals surface area contributed by atoms with Crippen molar-refractivity contribution in [1.82, 2.24) is 0 Å². The van der Waals surface area contributed by atoms with Crippen molar-refractivity contribution < 1.29 is 0 Å². The van der Waals surface area contributed by atoms with E-state index in [1.807, 2.05) is 0 Å². The average Bonchev–Trinajstić information content (AvgIpc) is 3.07. The molecule has 3 heteroatoms. The van der Waals surface area contributed by atoms with Gasteiger partial charge in [0.1, 0.15) is 0 Å². The molecule has 0 fully saturated rings. The van der Waals surface area contributed by atoms with Gasteiger partial charge in [0.05, 0.1) is 0 Å². The molecule has 0 aliphatic heterocycles. The number of hydrogen-bond acceptors (Lipinski definition) is 1. The lowest BCUT2D eigenvalue weighted by molar-refractivity contribution is 1.48. The van der Waals surface area contributed by atoms with Gasteiger partial charge in [0, 0.05) is 16.8 Å². The maximum absolute atomic E-state index is 3.82. The Morgan fingerprint density at radius 3 is 1.07 bits per heavy atom. The van der Waals surface area contributed by atoms with Gasteiger partial charge in [0.15, 0.2) is 0 Å². The van der Waals surface area contributed by atoms with Crippen molar-refractivity contribution in [2.75, 3.05) is 5.32 Å². The van der Waals surface area contributed by atoms with Crippen molar-refractivity contribution in [3.05, 3.63) is 194 Å². The maximum Gasteiger partial charge on any atom is 0.0427 e. The monoisotopic (exact) mass is 577 g/mol. The summed E-state index contributed by atoms with van der Waals surface area (Å²) in [5.41, 5.74) is 3.39. The molecule has 0 saturated carbocycles. The predicted octanol–water partition coefficient (Wildman–Crippen LogP) is 8.73. The zero-order valence-electron chi connectivity index (χ0n) is 23.4. The molecule has 6 aromatic rings. The second-order valence-electron chi connectivity index (χ2n) is 9.93. The normalized spacial score (nSPS) is 11.6. The Bertz CT molecular complexity index is 1510. The Morgan fingerprint density at radius 1 is 0.405 bits per heavy atom. The Hall–Kier alpha value is -4.28. The van der Waals surface area contributed by atoms with E-state index in [0.717, 1.165) is 11.4 Å². The molecule has 204 valence electrons. The van der Waals surface area contributed by atoms with Crippen LogP contribution < -0.4 is 26.5 Å². The minimum atomic E-state index is -0.786. The fourth-order valence-corrected chi connectivity index (χ4v) is 12.1. The molecule has 0 saturated heterocycles. The van der Waals surface area contributed by atoms with E-state index in [9.17, 15) is 0 Å². The van der Waals surface area contributed by atoms with Crippen LogP contribution in [0, 0.1) is 0 Å². The topological polar surface area (TPSA) is 12.0 Å². The minimum Gasteiger partial charge on any atom is -0.355 e. The first-order chi connectivity index (χ1) is 20.9. The van der Waals surface area contributed by atoms with Gasteiger partial charge in [0.25, 0.3) is 0 Å². The third kappa shape index (κ3) is 6.78. The lowest BCUT2D eigenvalue weighted by Crippen LogP contribution is -2.27. The number of rotatable bonds is 10. The Kier molecular flexibility index (Phi) is 9.33. The van der Waals surface area contributed by atoms with Gasteiger partial charge in [-0.1, -0.05) is 170 Å². The smallest absolute Gasteiger partial charge is 0.0427 e. The van der Waals surface area contributed by atoms with Gasteiger partial charge in [0.2, 0.25) is 0 Å². The molecule has 1 nitrogen and oxygen atoms in total. The molecule has 0 unspecified atom stereocenters. The molecule has 1 N–H and O–H groups in total. The molecule has 0 heterocycles. The first kappa shape index (κ1) is 27.9. The van der Waals surface area contributed by atoms with Gasteiger partial charge in [-0.3, -0.25) is 0 Å². The summed E-state index contributed by atoms with van der Waals surface area (Å²) in [4.78, 5) is 0. The first-order valence-electron chi connectivity index (χ1n) is 14.2. The van der Waals surface area contributed by atoms with E-state index < -0.39 is 15.8 Å². The summed E-state index contributed by atoms with van der Waals surface area (Å²) in [6.07, 6.45) is 2.54. The third-order valence-corrected chi connectivity index (χ3v) is 13.3. The number of para-hydroxylation sites is 1. The van der Waals surface area contributed by atoms with E-state index >= 15 is 0 Å². The highest BCUT2D eigenvalue weighted by atomic mass is 31.2. The van der Waals surface area contributed by atoms with Gasteiger partial charge >= 0.3 is 0 Å². The van der Waals surface area contributed by atoms with Crippen LogP contribution in [0.2, 0.25) is 0 Å². The van der Waals surface area contributed by atoms with Crippen molar-refractivity contribution in [1.29, 1.82) is 0 Å². The van der Waals surface area contributed by atoms with Crippen molar-refractivity contribution in [3.63, 3.8) is 0 Å². The molecular weight excluding hydrogens is 544 g/mol. The van der Waals surface area contributed by atoms with Crippen LogP contribution in [0.15, 0.2) is 188 Å². The molecule has 6 aromatic carbocycles. The van der Waals surface area contributed by atoms with Crippen molar-refractivity contribution >= 4 is 48.4 Å². The Labute approximate surface area is 252 Å². The average molecular weight is 578 g/mol. The largest absolute Gasteiger partial charge is 0.355 e. The molecule has 0 atom stereocenters. The summed E-state index contributed by atoms with van der Waals surface area (Å²) >= 11 is 0. The van der Waals surface area contributed by atoms with Crippen LogP contribution in [-0.4, -0.2) is 5.40 Å². The second kappa shape index (κ2) is 14.1. The molecule has 0 bridgehead atoms. The molecule has 0 aromatic heterocycles. The molecule has 0 spiro atoms. The highest BCUT2D eigenvalue weighted by Crippen LogP contribution is 2.57. The van der Waals surface area contributed by atoms with Gasteiger partial charge in [-0.15, -0.1) is 0 Å². The molecule has 0 aliphatic carbocycles. The van der Waals surface area contributed by atoms with Crippen LogP contribution >= 0.6 is 15.8 Å². The Balaban J connectivity index is 1.63. The summed E-state index contributed by atoms with van der Waals surface area (Å²) in [5, 5.41) is 9.55. The molecule has 0 amide bonds. The van der Waals surface area contributed by atoms with E-state index in [4.69, 9.17) is 0 Å². The summed E-state index contributed by atoms with van der Waals surface area (Å²) in [5.74, 6) is 0. The van der Waals surface area contributed by atoms with Crippen LogP contribution in [0.1, 0.15) is 5.56 Å². The molecule has 42 heavy (non-hydrogen) atoms. The summed E-state index contributed by atoms with van der Waals surface area (Å²) in [7, 11) is -1.57. The van der Waals surface area contributed by atoms with E-state index in [2.05, 4.69) is 193 Å². The lowest BCUT2D eigenvalue weighted by atomic mass is 10.1. The van der Waals surface area contributed by atoms with Gasteiger partial charge < -0.3 is 5.32 Å². The van der Waals surface area contributed by atoms with Crippen LogP contribution in [0.25, 0.3) is 5.70 Å². The number of nitrogens with one attached hydrogen (secondary N) is 1. The molecule has 0 aliphatic rings. The highest BCUT2D eigenvalue weighted by Gasteiger charge is 2.33. The zero-order valence-corrected chi connectivity index (χ0v) is 25.2. The van der Waals surface area contributed by atoms with Crippen LogP contribution in [0.4, 0.5) is 5.69 Å². The van der Waals surface area contributed by atoms with Gasteiger partial charge in [-0.25, -0.2) is 0 Å². The fraction of sp³-hybridized carbons (Fsp3) is 0.0256. The SMILES string of the molecule is C(=C(/Nc1ccccc1)c1ccccc1)/C(P(c1ccccc1)c1ccccc1)P(c1ccccc1)c1ccccc1. The quantitative estimate of drug-likeness (QED) is 0.161. The van der Waals surface area contributed by atoms with E-state index in [1.54, 1.807) is 0 Å². The van der Waals surface area contributed by atoms with Crippen LogP contribution in [0.3, 0.4) is 0 Å². The van der Waals surface area contributed by atoms with Crippen molar-refractivity contribution in [2.24, 2.45) is 0 Å². The molecular formula is C39H33NP2. The fourth-order valence-electron chi connectivity index (χ4n) is 5.18. The number of hydrogen-bond donors (Lipinski definition) is 1. The van der Waals surface area contributed by atoms with Gasteiger partial charge in [-0.05, 0) is 60.8 Å². The Morgan fingerprint density at radius 2 is 0.714 bits per heavy atom. The van der Waals surface area contributed by atoms with E-state index in [1.165, 1.54) is 26.8 Å². The first-order valence-corrected chi connectivity index (χ1v) is 17.1. The van der Waals surface area contributed by atoms with Crippen LogP contribution in [-0.2, 0) is 0 Å². The van der Waals surface area contributed by atoms with E-state index in [-0.39, 0.29) is 5.40 Å². The zero-order chi connectivity index (χ0) is 28.4. The highest BCUT2D eigenvalue weighted by molar-refractivity contribution is 7.89. The van der Waals surface area contributed by atoms with Crippen molar-refractivity contribution in [3.8, 4) is 0 Å². The second-order valence-corrected chi connectivity index (χ2v) is 15.0. The van der Waals surface area contributed by atoms with E-state index in [0.29, 0.717) is 0 Å².